The van der Waals surface area contributed by atoms with Crippen molar-refractivity contribution in [2.75, 3.05) is 0 Å². The molecule has 0 amide bonds. The maximum atomic E-state index is 13.9. The summed E-state index contributed by atoms with van der Waals surface area (Å²) < 4.78 is 27.8. The first kappa shape index (κ1) is 13.4. The van der Waals surface area contributed by atoms with Gasteiger partial charge >= 0.3 is 0 Å². The molecule has 0 spiro atoms. The molecule has 1 aliphatic rings. The maximum absolute atomic E-state index is 13.9. The highest BCUT2D eigenvalue weighted by atomic mass is 79.9. The summed E-state index contributed by atoms with van der Waals surface area (Å²) in [6, 6.07) is 11.9. The van der Waals surface area contributed by atoms with Gasteiger partial charge in [-0.25, -0.2) is 8.78 Å². The molecule has 0 bridgehead atoms. The van der Waals surface area contributed by atoms with E-state index in [9.17, 15) is 13.6 Å². The maximum Gasteiger partial charge on any atom is 0.172 e. The number of halogens is 3. The largest absolute Gasteiger partial charge is 0.294 e. The van der Waals surface area contributed by atoms with Gasteiger partial charge < -0.3 is 0 Å². The molecule has 0 heterocycles. The predicted octanol–water partition coefficient (Wildman–Crippen LogP) is 4.71. The molecule has 20 heavy (non-hydrogen) atoms. The summed E-state index contributed by atoms with van der Waals surface area (Å²) in [7, 11) is 0. The van der Waals surface area contributed by atoms with Crippen LogP contribution >= 0.6 is 15.9 Å². The fourth-order valence-electron chi connectivity index (χ4n) is 2.49. The van der Waals surface area contributed by atoms with Crippen molar-refractivity contribution in [3.05, 3.63) is 69.7 Å². The van der Waals surface area contributed by atoms with Gasteiger partial charge in [-0.1, -0.05) is 30.3 Å². The van der Waals surface area contributed by atoms with E-state index in [4.69, 9.17) is 0 Å². The van der Waals surface area contributed by atoms with E-state index in [-0.39, 0.29) is 16.3 Å². The molecule has 3 rings (SSSR count). The zero-order valence-electron chi connectivity index (χ0n) is 10.4. The zero-order valence-corrected chi connectivity index (χ0v) is 12.0. The first-order chi connectivity index (χ1) is 9.59. The number of carbonyl (C=O) groups excluding carboxylic acids is 1. The topological polar surface area (TPSA) is 17.1 Å². The van der Waals surface area contributed by atoms with Crippen molar-refractivity contribution >= 4 is 21.7 Å². The van der Waals surface area contributed by atoms with Crippen LogP contribution in [0.2, 0.25) is 0 Å². The third-order valence-corrected chi connectivity index (χ3v) is 4.26. The standard InChI is InChI=1S/C16H11BrF2O/c17-12-6-7-13(18)14(15(12)19)16(20)11-8-10(11)9-4-2-1-3-5-9/h1-7,10-11H,8H2. The summed E-state index contributed by atoms with van der Waals surface area (Å²) in [5.74, 6) is -2.31. The van der Waals surface area contributed by atoms with Crippen LogP contribution in [0.1, 0.15) is 28.3 Å². The van der Waals surface area contributed by atoms with Crippen LogP contribution in [0, 0.1) is 17.6 Å². The van der Waals surface area contributed by atoms with Crippen LogP contribution in [-0.2, 0) is 0 Å². The van der Waals surface area contributed by atoms with E-state index < -0.39 is 23.0 Å². The number of carbonyl (C=O) groups is 1. The quantitative estimate of drug-likeness (QED) is 0.585. The SMILES string of the molecule is O=C(c1c(F)ccc(Br)c1F)C1CC1c1ccccc1. The van der Waals surface area contributed by atoms with Crippen LogP contribution in [0.25, 0.3) is 0 Å². The van der Waals surface area contributed by atoms with Gasteiger partial charge in [-0.2, -0.15) is 0 Å². The summed E-state index contributed by atoms with van der Waals surface area (Å²) in [6.45, 7) is 0. The molecule has 0 radical (unpaired) electrons. The number of ketones is 1. The Labute approximate surface area is 123 Å². The second kappa shape index (κ2) is 5.09. The number of benzene rings is 2. The minimum absolute atomic E-state index is 0.0708. The van der Waals surface area contributed by atoms with Crippen molar-refractivity contribution < 1.29 is 13.6 Å². The smallest absolute Gasteiger partial charge is 0.172 e. The molecule has 2 aromatic carbocycles. The van der Waals surface area contributed by atoms with Crippen LogP contribution in [-0.4, -0.2) is 5.78 Å². The summed E-state index contributed by atoms with van der Waals surface area (Å²) >= 11 is 2.98. The van der Waals surface area contributed by atoms with Crippen molar-refractivity contribution in [2.45, 2.75) is 12.3 Å². The van der Waals surface area contributed by atoms with Crippen LogP contribution < -0.4 is 0 Å². The monoisotopic (exact) mass is 336 g/mol. The highest BCUT2D eigenvalue weighted by Gasteiger charge is 2.45. The number of rotatable bonds is 3. The number of hydrogen-bond acceptors (Lipinski definition) is 1. The lowest BCUT2D eigenvalue weighted by atomic mass is 10.0. The number of Topliss-reactive ketones (excluding diaryl/α,β-unsaturated/α-hetero) is 1. The van der Waals surface area contributed by atoms with E-state index in [0.717, 1.165) is 11.6 Å². The van der Waals surface area contributed by atoms with Gasteiger partial charge in [-0.3, -0.25) is 4.79 Å². The second-order valence-corrected chi connectivity index (χ2v) is 5.80. The molecule has 1 aliphatic carbocycles. The van der Waals surface area contributed by atoms with Crippen LogP contribution in [0.3, 0.4) is 0 Å². The van der Waals surface area contributed by atoms with Crippen LogP contribution in [0.15, 0.2) is 46.9 Å². The van der Waals surface area contributed by atoms with Gasteiger partial charge in [-0.05, 0) is 46.0 Å². The molecule has 0 aliphatic heterocycles. The lowest BCUT2D eigenvalue weighted by Gasteiger charge is -2.05. The van der Waals surface area contributed by atoms with Crippen molar-refractivity contribution in [1.82, 2.24) is 0 Å². The minimum Gasteiger partial charge on any atom is -0.294 e. The molecule has 0 N–H and O–H groups in total. The molecule has 4 heteroatoms. The van der Waals surface area contributed by atoms with Crippen molar-refractivity contribution in [3.63, 3.8) is 0 Å². The Morgan fingerprint density at radius 2 is 1.80 bits per heavy atom. The van der Waals surface area contributed by atoms with Gasteiger partial charge in [0, 0.05) is 5.92 Å². The minimum atomic E-state index is -0.811. The van der Waals surface area contributed by atoms with Crippen molar-refractivity contribution in [2.24, 2.45) is 5.92 Å². The average molecular weight is 337 g/mol. The Hall–Kier alpha value is -1.55. The molecule has 2 aromatic rings. The average Bonchev–Trinajstić information content (AvgIpc) is 3.25. The fourth-order valence-corrected chi connectivity index (χ4v) is 2.82. The number of hydrogen-bond donors (Lipinski definition) is 0. The third-order valence-electron chi connectivity index (χ3n) is 3.65. The summed E-state index contributed by atoms with van der Waals surface area (Å²) in [5, 5.41) is 0. The molecule has 0 saturated heterocycles. The molecule has 1 fully saturated rings. The van der Waals surface area contributed by atoms with E-state index in [1.165, 1.54) is 6.07 Å². The summed E-state index contributed by atoms with van der Waals surface area (Å²) in [6.07, 6.45) is 0.647. The van der Waals surface area contributed by atoms with E-state index in [0.29, 0.717) is 6.42 Å². The molecule has 2 unspecified atom stereocenters. The Morgan fingerprint density at radius 3 is 2.50 bits per heavy atom. The third kappa shape index (κ3) is 2.29. The van der Waals surface area contributed by atoms with Gasteiger partial charge in [0.15, 0.2) is 11.6 Å². The van der Waals surface area contributed by atoms with Gasteiger partial charge in [0.1, 0.15) is 5.82 Å². The molecule has 102 valence electrons. The normalized spacial score (nSPS) is 20.8. The highest BCUT2D eigenvalue weighted by Crippen LogP contribution is 2.49. The van der Waals surface area contributed by atoms with Gasteiger partial charge in [0.25, 0.3) is 0 Å². The highest BCUT2D eigenvalue weighted by molar-refractivity contribution is 9.10. The Kier molecular flexibility index (Phi) is 3.42. The van der Waals surface area contributed by atoms with E-state index >= 15 is 0 Å². The van der Waals surface area contributed by atoms with Gasteiger partial charge in [0.2, 0.25) is 0 Å². The molecular formula is C16H11BrF2O. The fraction of sp³-hybridized carbons (Fsp3) is 0.188. The summed E-state index contributed by atoms with van der Waals surface area (Å²) in [4.78, 5) is 12.3. The Morgan fingerprint density at radius 1 is 1.10 bits per heavy atom. The zero-order chi connectivity index (χ0) is 14.3. The van der Waals surface area contributed by atoms with E-state index in [2.05, 4.69) is 15.9 Å². The van der Waals surface area contributed by atoms with E-state index in [1.54, 1.807) is 0 Å². The van der Waals surface area contributed by atoms with Gasteiger partial charge in [0.05, 0.1) is 10.0 Å². The van der Waals surface area contributed by atoms with Crippen LogP contribution in [0.5, 0.6) is 0 Å². The first-order valence-electron chi connectivity index (χ1n) is 6.32. The van der Waals surface area contributed by atoms with Crippen LogP contribution in [0.4, 0.5) is 8.78 Å². The predicted molar refractivity (Wildman–Crippen MR) is 75.7 cm³/mol. The van der Waals surface area contributed by atoms with E-state index in [1.807, 2.05) is 30.3 Å². The Bertz CT molecular complexity index is 670. The lowest BCUT2D eigenvalue weighted by molar-refractivity contribution is 0.0956. The molecule has 1 saturated carbocycles. The molecule has 2 atom stereocenters. The molecule has 1 nitrogen and oxygen atoms in total. The summed E-state index contributed by atoms with van der Waals surface area (Å²) in [5.41, 5.74) is 0.615. The van der Waals surface area contributed by atoms with Gasteiger partial charge in [-0.15, -0.1) is 0 Å². The lowest BCUT2D eigenvalue weighted by Crippen LogP contribution is -2.09. The first-order valence-corrected chi connectivity index (χ1v) is 7.11. The Balaban J connectivity index is 1.88. The molecule has 0 aromatic heterocycles. The second-order valence-electron chi connectivity index (χ2n) is 4.94. The van der Waals surface area contributed by atoms with Crippen molar-refractivity contribution in [1.29, 1.82) is 0 Å². The van der Waals surface area contributed by atoms with Crippen molar-refractivity contribution in [3.8, 4) is 0 Å². The molecular weight excluding hydrogens is 326 g/mol.